The van der Waals surface area contributed by atoms with Crippen LogP contribution in [0.4, 0.5) is 5.82 Å². The third-order valence-corrected chi connectivity index (χ3v) is 3.92. The molecule has 1 fully saturated rings. The molecular formula is C14H21N3O2S. The van der Waals surface area contributed by atoms with Crippen molar-refractivity contribution in [1.29, 1.82) is 0 Å². The highest BCUT2D eigenvalue weighted by Gasteiger charge is 2.18. The summed E-state index contributed by atoms with van der Waals surface area (Å²) in [5.41, 5.74) is 0.813. The Morgan fingerprint density at radius 3 is 2.90 bits per heavy atom. The molecule has 1 saturated carbocycles. The maximum atomic E-state index is 11.6. The lowest BCUT2D eigenvalue weighted by Crippen LogP contribution is -2.19. The fourth-order valence-corrected chi connectivity index (χ4v) is 2.71. The van der Waals surface area contributed by atoms with Crippen LogP contribution in [0, 0.1) is 0 Å². The van der Waals surface area contributed by atoms with Gasteiger partial charge in [0.2, 0.25) is 0 Å². The lowest BCUT2D eigenvalue weighted by atomic mass is 10.2. The van der Waals surface area contributed by atoms with Gasteiger partial charge >= 0.3 is 5.97 Å². The Hall–Kier alpha value is -1.30. The van der Waals surface area contributed by atoms with Crippen molar-refractivity contribution in [2.24, 2.45) is 0 Å². The number of hydrogen-bond acceptors (Lipinski definition) is 6. The molecule has 6 heteroatoms. The van der Waals surface area contributed by atoms with Crippen LogP contribution in [0.15, 0.2) is 11.4 Å². The summed E-state index contributed by atoms with van der Waals surface area (Å²) >= 11 is 1.50. The molecular weight excluding hydrogens is 274 g/mol. The molecule has 0 unspecified atom stereocenters. The molecule has 1 aliphatic rings. The lowest BCUT2D eigenvalue weighted by Gasteiger charge is -2.16. The normalized spacial score (nSPS) is 15.3. The van der Waals surface area contributed by atoms with Crippen LogP contribution in [0.1, 0.15) is 38.2 Å². The number of nitrogens with one attached hydrogen (secondary N) is 1. The standard InChI is InChI=1S/C14H21N3O2S/c1-3-19-12(18)8-10-9-15-14(20-2)17-13(10)16-11-6-4-5-7-11/h9,11H,3-8H2,1-2H3,(H,15,16,17). The summed E-state index contributed by atoms with van der Waals surface area (Å²) < 4.78 is 5.00. The fourth-order valence-electron chi connectivity index (χ4n) is 2.37. The quantitative estimate of drug-likeness (QED) is 0.494. The minimum atomic E-state index is -0.234. The van der Waals surface area contributed by atoms with E-state index in [0.717, 1.165) is 29.4 Å². The van der Waals surface area contributed by atoms with Crippen LogP contribution in [0.2, 0.25) is 0 Å². The number of aromatic nitrogens is 2. The number of hydrogen-bond donors (Lipinski definition) is 1. The topological polar surface area (TPSA) is 64.1 Å². The van der Waals surface area contributed by atoms with E-state index in [9.17, 15) is 4.79 Å². The van der Waals surface area contributed by atoms with Gasteiger partial charge in [0.25, 0.3) is 0 Å². The van der Waals surface area contributed by atoms with E-state index in [0.29, 0.717) is 12.6 Å². The van der Waals surface area contributed by atoms with Gasteiger partial charge in [-0.3, -0.25) is 4.79 Å². The third kappa shape index (κ3) is 4.10. The number of rotatable bonds is 6. The monoisotopic (exact) mass is 295 g/mol. The lowest BCUT2D eigenvalue weighted by molar-refractivity contribution is -0.142. The summed E-state index contributed by atoms with van der Waals surface area (Å²) in [6.07, 6.45) is 8.73. The Morgan fingerprint density at radius 2 is 2.25 bits per heavy atom. The molecule has 0 atom stereocenters. The van der Waals surface area contributed by atoms with Crippen molar-refractivity contribution in [3.8, 4) is 0 Å². The van der Waals surface area contributed by atoms with Crippen molar-refractivity contribution >= 4 is 23.5 Å². The number of ether oxygens (including phenoxy) is 1. The molecule has 0 aromatic carbocycles. The van der Waals surface area contributed by atoms with Crippen LogP contribution in [0.25, 0.3) is 0 Å². The Kier molecular flexibility index (Phi) is 5.64. The van der Waals surface area contributed by atoms with Crippen LogP contribution in [0.3, 0.4) is 0 Å². The Balaban J connectivity index is 2.13. The van der Waals surface area contributed by atoms with Gasteiger partial charge in [0, 0.05) is 17.8 Å². The first kappa shape index (κ1) is 15.1. The van der Waals surface area contributed by atoms with Crippen molar-refractivity contribution in [1.82, 2.24) is 9.97 Å². The molecule has 20 heavy (non-hydrogen) atoms. The van der Waals surface area contributed by atoms with Crippen molar-refractivity contribution < 1.29 is 9.53 Å². The maximum Gasteiger partial charge on any atom is 0.310 e. The molecule has 5 nitrogen and oxygen atoms in total. The first-order valence-corrected chi connectivity index (χ1v) is 8.27. The van der Waals surface area contributed by atoms with E-state index in [1.807, 2.05) is 13.2 Å². The van der Waals surface area contributed by atoms with Crippen LogP contribution in [0.5, 0.6) is 0 Å². The van der Waals surface area contributed by atoms with E-state index in [4.69, 9.17) is 4.74 Å². The average molecular weight is 295 g/mol. The smallest absolute Gasteiger partial charge is 0.310 e. The van der Waals surface area contributed by atoms with Gasteiger partial charge in [0.05, 0.1) is 13.0 Å². The SMILES string of the molecule is CCOC(=O)Cc1cnc(SC)nc1NC1CCCC1. The second-order valence-electron chi connectivity index (χ2n) is 4.84. The van der Waals surface area contributed by atoms with Crippen LogP contribution < -0.4 is 5.32 Å². The molecule has 1 aliphatic carbocycles. The third-order valence-electron chi connectivity index (χ3n) is 3.36. The molecule has 1 heterocycles. The summed E-state index contributed by atoms with van der Waals surface area (Å²) in [6.45, 7) is 2.21. The van der Waals surface area contributed by atoms with E-state index in [-0.39, 0.29) is 12.4 Å². The molecule has 0 aliphatic heterocycles. The molecule has 0 saturated heterocycles. The Morgan fingerprint density at radius 1 is 1.50 bits per heavy atom. The number of carbonyl (C=O) groups excluding carboxylic acids is 1. The zero-order valence-electron chi connectivity index (χ0n) is 12.0. The minimum absolute atomic E-state index is 0.220. The number of anilines is 1. The van der Waals surface area contributed by atoms with Crippen LogP contribution >= 0.6 is 11.8 Å². The van der Waals surface area contributed by atoms with E-state index in [1.54, 1.807) is 6.20 Å². The summed E-state index contributed by atoms with van der Waals surface area (Å²) in [7, 11) is 0. The van der Waals surface area contributed by atoms with Crippen molar-refractivity contribution in [3.63, 3.8) is 0 Å². The molecule has 2 rings (SSSR count). The number of thioether (sulfide) groups is 1. The fraction of sp³-hybridized carbons (Fsp3) is 0.643. The summed E-state index contributed by atoms with van der Waals surface area (Å²) in [6, 6.07) is 0.459. The van der Waals surface area contributed by atoms with Gasteiger partial charge in [-0.25, -0.2) is 9.97 Å². The van der Waals surface area contributed by atoms with Gasteiger partial charge in [-0.2, -0.15) is 0 Å². The molecule has 0 amide bonds. The average Bonchev–Trinajstić information content (AvgIpc) is 2.94. The second-order valence-corrected chi connectivity index (χ2v) is 5.61. The number of carbonyl (C=O) groups is 1. The molecule has 0 radical (unpaired) electrons. The zero-order valence-corrected chi connectivity index (χ0v) is 12.8. The highest BCUT2D eigenvalue weighted by atomic mass is 32.2. The second kappa shape index (κ2) is 7.47. The summed E-state index contributed by atoms with van der Waals surface area (Å²) in [4.78, 5) is 20.4. The van der Waals surface area contributed by atoms with Crippen molar-refractivity contribution in [2.45, 2.75) is 50.2 Å². The zero-order chi connectivity index (χ0) is 14.4. The predicted molar refractivity (Wildman–Crippen MR) is 80.0 cm³/mol. The first-order chi connectivity index (χ1) is 9.72. The van der Waals surface area contributed by atoms with Gasteiger partial charge in [-0.05, 0) is 26.0 Å². The minimum Gasteiger partial charge on any atom is -0.466 e. The number of nitrogens with zero attached hydrogens (tertiary/aromatic N) is 2. The highest BCUT2D eigenvalue weighted by molar-refractivity contribution is 7.98. The van der Waals surface area contributed by atoms with Crippen LogP contribution in [-0.2, 0) is 16.0 Å². The van der Waals surface area contributed by atoms with Gasteiger partial charge in [-0.15, -0.1) is 0 Å². The highest BCUT2D eigenvalue weighted by Crippen LogP contribution is 2.24. The van der Waals surface area contributed by atoms with Gasteiger partial charge < -0.3 is 10.1 Å². The molecule has 0 bridgehead atoms. The summed E-state index contributed by atoms with van der Waals surface area (Å²) in [5.74, 6) is 0.548. The molecule has 0 spiro atoms. The van der Waals surface area contributed by atoms with E-state index >= 15 is 0 Å². The summed E-state index contributed by atoms with van der Waals surface area (Å²) in [5, 5.41) is 4.18. The first-order valence-electron chi connectivity index (χ1n) is 7.05. The van der Waals surface area contributed by atoms with E-state index in [1.165, 1.54) is 24.6 Å². The Labute approximate surface area is 123 Å². The largest absolute Gasteiger partial charge is 0.466 e. The maximum absolute atomic E-state index is 11.6. The molecule has 1 N–H and O–H groups in total. The van der Waals surface area contributed by atoms with Gasteiger partial charge in [0.15, 0.2) is 5.16 Å². The van der Waals surface area contributed by atoms with Crippen molar-refractivity contribution in [2.75, 3.05) is 18.2 Å². The van der Waals surface area contributed by atoms with Gasteiger partial charge in [-0.1, -0.05) is 24.6 Å². The molecule has 110 valence electrons. The molecule has 1 aromatic heterocycles. The van der Waals surface area contributed by atoms with E-state index < -0.39 is 0 Å². The van der Waals surface area contributed by atoms with Gasteiger partial charge in [0.1, 0.15) is 5.82 Å². The Bertz CT molecular complexity index is 462. The van der Waals surface area contributed by atoms with E-state index in [2.05, 4.69) is 15.3 Å². The molecule has 1 aromatic rings. The van der Waals surface area contributed by atoms with Crippen molar-refractivity contribution in [3.05, 3.63) is 11.8 Å². The number of esters is 1. The predicted octanol–water partition coefficient (Wildman–Crippen LogP) is 2.66. The van der Waals surface area contributed by atoms with Crippen LogP contribution in [-0.4, -0.2) is 34.8 Å².